The molecular weight excluding hydrogens is 853 g/mol. The van der Waals surface area contributed by atoms with Gasteiger partial charge in [0, 0.05) is 34.1 Å². The smallest absolute Gasteiger partial charge is 0.335 e. The van der Waals surface area contributed by atoms with Gasteiger partial charge in [-0.2, -0.15) is 0 Å². The van der Waals surface area contributed by atoms with Crippen molar-refractivity contribution in [3.63, 3.8) is 0 Å². The molecule has 0 unspecified atom stereocenters. The van der Waals surface area contributed by atoms with Gasteiger partial charge in [0.05, 0.1) is 22.3 Å². The number of anilines is 6. The van der Waals surface area contributed by atoms with Crippen molar-refractivity contribution < 1.29 is 39.6 Å². The van der Waals surface area contributed by atoms with Crippen molar-refractivity contribution in [2.75, 3.05) is 9.80 Å². The van der Waals surface area contributed by atoms with E-state index < -0.39 is 23.9 Å². The van der Waals surface area contributed by atoms with Crippen LogP contribution in [-0.2, 0) is 0 Å². The third-order valence-electron chi connectivity index (χ3n) is 11.7. The number of carbonyl (C=O) groups is 4. The first kappa shape index (κ1) is 43.7. The van der Waals surface area contributed by atoms with Gasteiger partial charge in [-0.15, -0.1) is 0 Å². The summed E-state index contributed by atoms with van der Waals surface area (Å²) in [6.07, 6.45) is 0. The number of benzene rings is 9. The number of rotatable bonds is 14. The number of hydrogen-bond acceptors (Lipinski definition) is 6. The zero-order chi connectivity index (χ0) is 47.3. The third kappa shape index (κ3) is 9.33. The summed E-state index contributed by atoms with van der Waals surface area (Å²) in [5.41, 5.74) is 13.3. The Bertz CT molecular complexity index is 2830. The number of aromatic carboxylic acids is 4. The molecule has 0 radical (unpaired) electrons. The van der Waals surface area contributed by atoms with Gasteiger partial charge in [0.2, 0.25) is 0 Å². The second-order valence-electron chi connectivity index (χ2n) is 15.9. The maximum atomic E-state index is 11.5. The highest BCUT2D eigenvalue weighted by molar-refractivity contribution is 5.91. The molecule has 9 aromatic rings. The molecule has 0 aromatic heterocycles. The Balaban J connectivity index is 1.08. The van der Waals surface area contributed by atoms with Crippen molar-refractivity contribution >= 4 is 58.0 Å². The maximum absolute atomic E-state index is 11.5. The average Bonchev–Trinajstić information content (AvgIpc) is 3.38. The van der Waals surface area contributed by atoms with Crippen molar-refractivity contribution in [2.45, 2.75) is 0 Å². The lowest BCUT2D eigenvalue weighted by Crippen LogP contribution is -2.12. The van der Waals surface area contributed by atoms with E-state index in [0.717, 1.165) is 78.6 Å². The molecule has 330 valence electrons. The summed E-state index contributed by atoms with van der Waals surface area (Å²) >= 11 is 0. The average molecular weight is 893 g/mol. The van der Waals surface area contributed by atoms with E-state index in [0.29, 0.717) is 0 Å². The molecule has 68 heavy (non-hydrogen) atoms. The molecule has 0 fully saturated rings. The van der Waals surface area contributed by atoms with Gasteiger partial charge in [0.15, 0.2) is 0 Å². The van der Waals surface area contributed by atoms with E-state index in [-0.39, 0.29) is 22.3 Å². The second-order valence-corrected chi connectivity index (χ2v) is 15.9. The molecule has 0 atom stereocenters. The standard InChI is InChI=1S/C58H40N2O8/c61-55(62)45-9-1-37(2-10-45)41-17-25-49(26-18-41)59(50-27-19-42(20-28-50)38-3-11-46(12-4-38)56(63)64)53-33-35-54(36-34-53)60(51-29-21-43(22-30-51)39-5-13-47(14-6-39)57(65)66)52-31-23-44(24-32-52)40-7-15-48(16-8-40)58(67)68/h1-36H,(H,61,62)(H,63,64)(H,65,66)(H,67,68). The molecular formula is C58H40N2O8. The van der Waals surface area contributed by atoms with Gasteiger partial charge in [-0.05, 0) is 166 Å². The first-order valence-corrected chi connectivity index (χ1v) is 21.4. The van der Waals surface area contributed by atoms with E-state index in [1.165, 1.54) is 0 Å². The molecule has 4 N–H and O–H groups in total. The van der Waals surface area contributed by atoms with E-state index in [4.69, 9.17) is 0 Å². The Morgan fingerprint density at radius 3 is 0.456 bits per heavy atom. The summed E-state index contributed by atoms with van der Waals surface area (Å²) in [4.78, 5) is 50.2. The molecule has 9 aromatic carbocycles. The van der Waals surface area contributed by atoms with Gasteiger partial charge in [-0.1, -0.05) is 97.1 Å². The molecule has 10 nitrogen and oxygen atoms in total. The first-order chi connectivity index (χ1) is 33.0. The zero-order valence-electron chi connectivity index (χ0n) is 36.1. The van der Waals surface area contributed by atoms with Crippen LogP contribution >= 0.6 is 0 Å². The molecule has 10 heteroatoms. The molecule has 0 aliphatic heterocycles. The summed E-state index contributed by atoms with van der Waals surface area (Å²) in [7, 11) is 0. The topological polar surface area (TPSA) is 156 Å². The number of hydrogen-bond donors (Lipinski definition) is 4. The quantitative estimate of drug-likeness (QED) is 0.0829. The molecule has 0 saturated carbocycles. The van der Waals surface area contributed by atoms with Gasteiger partial charge >= 0.3 is 23.9 Å². The van der Waals surface area contributed by atoms with Gasteiger partial charge in [0.25, 0.3) is 0 Å². The van der Waals surface area contributed by atoms with Crippen LogP contribution < -0.4 is 9.80 Å². The Morgan fingerprint density at radius 2 is 0.324 bits per heavy atom. The van der Waals surface area contributed by atoms with Crippen LogP contribution in [-0.4, -0.2) is 44.3 Å². The predicted octanol–water partition coefficient (Wildman–Crippen LogP) is 14.1. The van der Waals surface area contributed by atoms with Crippen molar-refractivity contribution in [3.8, 4) is 44.5 Å². The Morgan fingerprint density at radius 1 is 0.206 bits per heavy atom. The lowest BCUT2D eigenvalue weighted by atomic mass is 10.0. The van der Waals surface area contributed by atoms with Crippen LogP contribution in [0.15, 0.2) is 218 Å². The normalized spacial score (nSPS) is 10.8. The van der Waals surface area contributed by atoms with Gasteiger partial charge in [-0.25, -0.2) is 19.2 Å². The van der Waals surface area contributed by atoms with Crippen LogP contribution in [0.25, 0.3) is 44.5 Å². The highest BCUT2D eigenvalue weighted by Gasteiger charge is 2.18. The lowest BCUT2D eigenvalue weighted by molar-refractivity contribution is 0.0686. The summed E-state index contributed by atoms with van der Waals surface area (Å²) in [5.74, 6) is -3.94. The molecule has 9 rings (SSSR count). The minimum atomic E-state index is -0.986. The predicted molar refractivity (Wildman–Crippen MR) is 265 cm³/mol. The molecule has 0 aliphatic carbocycles. The van der Waals surface area contributed by atoms with Gasteiger partial charge < -0.3 is 30.2 Å². The second kappa shape index (κ2) is 18.9. The molecule has 0 saturated heterocycles. The third-order valence-corrected chi connectivity index (χ3v) is 11.7. The fourth-order valence-electron chi connectivity index (χ4n) is 8.08. The van der Waals surface area contributed by atoms with E-state index in [1.807, 2.05) is 97.1 Å². The molecule has 0 bridgehead atoms. The van der Waals surface area contributed by atoms with E-state index in [9.17, 15) is 39.6 Å². The molecule has 0 spiro atoms. The van der Waals surface area contributed by atoms with Crippen LogP contribution in [0.4, 0.5) is 34.1 Å². The molecule has 0 aliphatic rings. The first-order valence-electron chi connectivity index (χ1n) is 21.4. The summed E-state index contributed by atoms with van der Waals surface area (Å²) in [5, 5.41) is 37.7. The SMILES string of the molecule is O=C(O)c1ccc(-c2ccc(N(c3ccc(-c4ccc(C(=O)O)cc4)cc3)c3ccc(N(c4ccc(-c5ccc(C(=O)O)cc5)cc4)c4ccc(-c5ccc(C(=O)O)cc5)cc4)cc3)cc2)cc1. The fraction of sp³-hybridized carbons (Fsp3) is 0. The van der Waals surface area contributed by atoms with Crippen LogP contribution in [0.1, 0.15) is 41.4 Å². The van der Waals surface area contributed by atoms with Crippen molar-refractivity contribution in [1.82, 2.24) is 0 Å². The fourth-order valence-corrected chi connectivity index (χ4v) is 8.08. The Kier molecular flexibility index (Phi) is 12.1. The minimum Gasteiger partial charge on any atom is -0.478 e. The van der Waals surface area contributed by atoms with E-state index in [1.54, 1.807) is 97.1 Å². The lowest BCUT2D eigenvalue weighted by Gasteiger charge is -2.29. The van der Waals surface area contributed by atoms with Crippen LogP contribution in [0.2, 0.25) is 0 Å². The molecule has 0 heterocycles. The zero-order valence-corrected chi connectivity index (χ0v) is 36.1. The van der Waals surface area contributed by atoms with Gasteiger partial charge in [-0.3, -0.25) is 0 Å². The van der Waals surface area contributed by atoms with E-state index in [2.05, 4.69) is 34.1 Å². The highest BCUT2D eigenvalue weighted by atomic mass is 16.4. The Labute approximate surface area is 391 Å². The summed E-state index contributed by atoms with van der Waals surface area (Å²) < 4.78 is 0. The minimum absolute atomic E-state index is 0.212. The maximum Gasteiger partial charge on any atom is 0.335 e. The summed E-state index contributed by atoms with van der Waals surface area (Å²) in [6, 6.07) is 67.4. The number of nitrogens with zero attached hydrogens (tertiary/aromatic N) is 2. The summed E-state index contributed by atoms with van der Waals surface area (Å²) in [6.45, 7) is 0. The number of carboxylic acids is 4. The van der Waals surface area contributed by atoms with Gasteiger partial charge in [0.1, 0.15) is 0 Å². The largest absolute Gasteiger partial charge is 0.478 e. The van der Waals surface area contributed by atoms with Crippen molar-refractivity contribution in [1.29, 1.82) is 0 Å². The Hall–Kier alpha value is -9.54. The highest BCUT2D eigenvalue weighted by Crippen LogP contribution is 2.41. The van der Waals surface area contributed by atoms with Crippen molar-refractivity contribution in [3.05, 3.63) is 241 Å². The number of carboxylic acid groups (broad SMARTS) is 4. The van der Waals surface area contributed by atoms with Crippen molar-refractivity contribution in [2.24, 2.45) is 0 Å². The van der Waals surface area contributed by atoms with E-state index >= 15 is 0 Å². The monoisotopic (exact) mass is 892 g/mol. The molecule has 0 amide bonds. The van der Waals surface area contributed by atoms with Crippen LogP contribution in [0, 0.1) is 0 Å². The van der Waals surface area contributed by atoms with Crippen LogP contribution in [0.3, 0.4) is 0 Å². The van der Waals surface area contributed by atoms with Crippen LogP contribution in [0.5, 0.6) is 0 Å².